The zero-order valence-corrected chi connectivity index (χ0v) is 12.2. The van der Waals surface area contributed by atoms with Crippen LogP contribution < -0.4 is 4.90 Å². The number of benzene rings is 2. The molecule has 100 valence electrons. The van der Waals surface area contributed by atoms with E-state index < -0.39 is 10.2 Å². The van der Waals surface area contributed by atoms with Gasteiger partial charge in [0.1, 0.15) is 10.2 Å². The monoisotopic (exact) mass is 301 g/mol. The van der Waals surface area contributed by atoms with Crippen LogP contribution in [0.3, 0.4) is 0 Å². The molecule has 4 heteroatoms. The van der Waals surface area contributed by atoms with Crippen molar-refractivity contribution in [3.63, 3.8) is 0 Å². The molecule has 0 saturated carbocycles. The summed E-state index contributed by atoms with van der Waals surface area (Å²) in [6.07, 6.45) is 0. The Kier molecular flexibility index (Phi) is 2.63. The van der Waals surface area contributed by atoms with Crippen molar-refractivity contribution in [3.05, 3.63) is 65.7 Å². The van der Waals surface area contributed by atoms with Gasteiger partial charge in [-0.1, -0.05) is 48.5 Å². The number of amides is 1. The van der Waals surface area contributed by atoms with E-state index in [-0.39, 0.29) is 5.91 Å². The van der Waals surface area contributed by atoms with Crippen LogP contribution in [0.1, 0.15) is 11.1 Å². The fraction of sp³-hybridized carbons (Fsp3) is 0.188. The maximum atomic E-state index is 12.3. The van der Waals surface area contributed by atoms with Crippen molar-refractivity contribution in [1.82, 2.24) is 0 Å². The highest BCUT2D eigenvalue weighted by Crippen LogP contribution is 2.59. The van der Waals surface area contributed by atoms with Gasteiger partial charge in [-0.25, -0.2) is 0 Å². The molecule has 4 rings (SSSR count). The van der Waals surface area contributed by atoms with Gasteiger partial charge in [0.2, 0.25) is 5.91 Å². The lowest BCUT2D eigenvalue weighted by Crippen LogP contribution is -2.70. The zero-order valence-electron chi connectivity index (χ0n) is 10.6. The fourth-order valence-electron chi connectivity index (χ4n) is 3.00. The molecule has 2 nitrogen and oxygen atoms in total. The molecule has 20 heavy (non-hydrogen) atoms. The second kappa shape index (κ2) is 4.27. The number of carbonyl (C=O) groups is 1. The molecule has 0 radical (unpaired) electrons. The number of nitrogens with zero attached hydrogens (tertiary/aromatic N) is 1. The Morgan fingerprint density at radius 3 is 2.60 bits per heavy atom. The summed E-state index contributed by atoms with van der Waals surface area (Å²) in [5.41, 5.74) is 3.29. The molecule has 2 aliphatic rings. The van der Waals surface area contributed by atoms with Gasteiger partial charge in [0, 0.05) is 11.4 Å². The highest BCUT2D eigenvalue weighted by molar-refractivity contribution is 8.00. The van der Waals surface area contributed by atoms with E-state index in [1.165, 1.54) is 5.56 Å². The number of rotatable bonds is 1. The van der Waals surface area contributed by atoms with Gasteiger partial charge in [-0.15, -0.1) is 23.4 Å². The first-order valence-corrected chi connectivity index (χ1v) is 7.93. The molecule has 0 N–H and O–H groups in total. The van der Waals surface area contributed by atoms with Gasteiger partial charge in [-0.05, 0) is 17.2 Å². The average molecular weight is 302 g/mol. The molecule has 1 saturated heterocycles. The molecule has 2 aliphatic heterocycles. The summed E-state index contributed by atoms with van der Waals surface area (Å²) < 4.78 is 0. The fourth-order valence-corrected chi connectivity index (χ4v) is 5.00. The third kappa shape index (κ3) is 1.40. The molecule has 0 unspecified atom stereocenters. The van der Waals surface area contributed by atoms with E-state index in [4.69, 9.17) is 11.6 Å². The third-order valence-corrected chi connectivity index (χ3v) is 6.16. The van der Waals surface area contributed by atoms with E-state index >= 15 is 0 Å². The topological polar surface area (TPSA) is 20.3 Å². The van der Waals surface area contributed by atoms with Gasteiger partial charge in [0.25, 0.3) is 0 Å². The Morgan fingerprint density at radius 1 is 1.10 bits per heavy atom. The highest BCUT2D eigenvalue weighted by Gasteiger charge is 2.63. The quantitative estimate of drug-likeness (QED) is 0.591. The lowest BCUT2D eigenvalue weighted by molar-refractivity contribution is -0.124. The number of alkyl halides is 1. The summed E-state index contributed by atoms with van der Waals surface area (Å²) in [5, 5.41) is -0.497. The van der Waals surface area contributed by atoms with Gasteiger partial charge in [-0.3, -0.25) is 9.69 Å². The molecule has 2 atom stereocenters. The standard InChI is InChI=1S/C16H12ClNOS/c17-14-15(19)18-13-9-5-4-6-11(13)10-20-16(14,18)12-7-2-1-3-8-12/h1-9,14H,10H2/t14-,16+/m1/s1. The Labute approximate surface area is 126 Å². The Bertz CT molecular complexity index is 690. The first kappa shape index (κ1) is 12.3. The number of β-lactam (4-membered cyclic amide) rings is 1. The summed E-state index contributed by atoms with van der Waals surface area (Å²) in [5.74, 6) is 0.869. The summed E-state index contributed by atoms with van der Waals surface area (Å²) in [6.45, 7) is 0. The number of hydrogen-bond donors (Lipinski definition) is 0. The molecule has 1 fully saturated rings. The normalized spacial score (nSPS) is 27.6. The molecule has 2 aromatic rings. The Morgan fingerprint density at radius 2 is 1.80 bits per heavy atom. The van der Waals surface area contributed by atoms with E-state index in [0.717, 1.165) is 17.0 Å². The largest absolute Gasteiger partial charge is 0.289 e. The Balaban J connectivity index is 1.90. The Hall–Kier alpha value is -1.45. The van der Waals surface area contributed by atoms with Crippen molar-refractivity contribution in [2.45, 2.75) is 16.0 Å². The predicted octanol–water partition coefficient (Wildman–Crippen LogP) is 3.74. The van der Waals surface area contributed by atoms with Crippen LogP contribution in [0, 0.1) is 0 Å². The molecule has 2 heterocycles. The van der Waals surface area contributed by atoms with E-state index in [1.807, 2.05) is 41.3 Å². The molecule has 0 spiro atoms. The smallest absolute Gasteiger partial charge is 0.250 e. The van der Waals surface area contributed by atoms with Crippen molar-refractivity contribution in [3.8, 4) is 0 Å². The number of hydrogen-bond acceptors (Lipinski definition) is 2. The second-order valence-electron chi connectivity index (χ2n) is 5.02. The molecule has 0 aliphatic carbocycles. The average Bonchev–Trinajstić information content (AvgIpc) is 2.53. The maximum Gasteiger partial charge on any atom is 0.250 e. The van der Waals surface area contributed by atoms with E-state index in [9.17, 15) is 4.79 Å². The number of halogens is 1. The van der Waals surface area contributed by atoms with Crippen molar-refractivity contribution in [1.29, 1.82) is 0 Å². The van der Waals surface area contributed by atoms with Crippen molar-refractivity contribution >= 4 is 35.0 Å². The van der Waals surface area contributed by atoms with Gasteiger partial charge in [0.05, 0.1) is 0 Å². The molecular weight excluding hydrogens is 290 g/mol. The SMILES string of the molecule is O=C1[C@@H](Cl)[C@]2(c3ccccc3)SCc3ccccc3N12. The summed E-state index contributed by atoms with van der Waals surface area (Å²) in [7, 11) is 0. The zero-order chi connectivity index (χ0) is 13.7. The van der Waals surface area contributed by atoms with Crippen molar-refractivity contribution < 1.29 is 4.79 Å². The van der Waals surface area contributed by atoms with E-state index in [2.05, 4.69) is 18.2 Å². The van der Waals surface area contributed by atoms with Crippen LogP contribution in [-0.2, 0) is 15.4 Å². The molecule has 0 bridgehead atoms. The predicted molar refractivity (Wildman–Crippen MR) is 83.0 cm³/mol. The van der Waals surface area contributed by atoms with Crippen molar-refractivity contribution in [2.24, 2.45) is 0 Å². The van der Waals surface area contributed by atoms with Crippen LogP contribution in [0.4, 0.5) is 5.69 Å². The first-order chi connectivity index (χ1) is 9.75. The number of carbonyl (C=O) groups excluding carboxylic acids is 1. The van der Waals surface area contributed by atoms with Gasteiger partial charge in [-0.2, -0.15) is 0 Å². The van der Waals surface area contributed by atoms with Crippen LogP contribution in [0.5, 0.6) is 0 Å². The molecule has 2 aromatic carbocycles. The van der Waals surface area contributed by atoms with E-state index in [1.54, 1.807) is 11.8 Å². The minimum Gasteiger partial charge on any atom is -0.289 e. The third-order valence-electron chi connectivity index (χ3n) is 3.98. The first-order valence-electron chi connectivity index (χ1n) is 6.50. The second-order valence-corrected chi connectivity index (χ2v) is 6.65. The van der Waals surface area contributed by atoms with Gasteiger partial charge < -0.3 is 0 Å². The number of fused-ring (bicyclic) bond motifs is 3. The number of anilines is 1. The van der Waals surface area contributed by atoms with Crippen LogP contribution in [0.2, 0.25) is 0 Å². The van der Waals surface area contributed by atoms with E-state index in [0.29, 0.717) is 0 Å². The molecule has 1 amide bonds. The molecule has 0 aromatic heterocycles. The van der Waals surface area contributed by atoms with Crippen LogP contribution >= 0.6 is 23.4 Å². The summed E-state index contributed by atoms with van der Waals surface area (Å²) in [6, 6.07) is 18.1. The minimum atomic E-state index is -0.497. The number of thioether (sulfide) groups is 1. The lowest BCUT2D eigenvalue weighted by atomic mass is 9.90. The number of para-hydroxylation sites is 1. The summed E-state index contributed by atoms with van der Waals surface area (Å²) in [4.78, 5) is 13.7. The van der Waals surface area contributed by atoms with Gasteiger partial charge in [0.15, 0.2) is 0 Å². The summed E-state index contributed by atoms with van der Waals surface area (Å²) >= 11 is 8.16. The lowest BCUT2D eigenvalue weighted by Gasteiger charge is -2.57. The van der Waals surface area contributed by atoms with Crippen LogP contribution in [0.15, 0.2) is 54.6 Å². The maximum absolute atomic E-state index is 12.3. The molecular formula is C16H12ClNOS. The van der Waals surface area contributed by atoms with Crippen molar-refractivity contribution in [2.75, 3.05) is 4.90 Å². The van der Waals surface area contributed by atoms with Crippen LogP contribution in [0.25, 0.3) is 0 Å². The van der Waals surface area contributed by atoms with Crippen LogP contribution in [-0.4, -0.2) is 11.3 Å². The minimum absolute atomic E-state index is 0.00447. The van der Waals surface area contributed by atoms with Gasteiger partial charge >= 0.3 is 0 Å². The highest BCUT2D eigenvalue weighted by atomic mass is 35.5.